The second-order valence-corrected chi connectivity index (χ2v) is 9.11. The SMILES string of the molecule is COc1ccc(Cl)cc1-c1nc(SCC(=O)NC(C)c2ccc(CC(C)C)cc2)n[nH]1. The van der Waals surface area contributed by atoms with Crippen LogP contribution in [-0.4, -0.2) is 34.0 Å². The first-order valence-corrected chi connectivity index (χ1v) is 11.5. The Morgan fingerprint density at radius 1 is 1.19 bits per heavy atom. The van der Waals surface area contributed by atoms with Crippen molar-refractivity contribution in [2.24, 2.45) is 5.92 Å². The molecular weight excluding hydrogens is 432 g/mol. The fourth-order valence-electron chi connectivity index (χ4n) is 3.21. The third-order valence-corrected chi connectivity index (χ3v) is 5.80. The van der Waals surface area contributed by atoms with E-state index in [0.717, 1.165) is 12.0 Å². The van der Waals surface area contributed by atoms with Gasteiger partial charge in [0.25, 0.3) is 0 Å². The van der Waals surface area contributed by atoms with Crippen molar-refractivity contribution < 1.29 is 9.53 Å². The Morgan fingerprint density at radius 2 is 1.94 bits per heavy atom. The van der Waals surface area contributed by atoms with Gasteiger partial charge in [-0.1, -0.05) is 61.5 Å². The standard InChI is InChI=1S/C23H27ClN4O2S/c1-14(2)11-16-5-7-17(8-6-16)15(3)25-21(29)13-31-23-26-22(27-28-23)19-12-18(24)9-10-20(19)30-4/h5-10,12,14-15H,11,13H2,1-4H3,(H,25,29)(H,26,27,28). The van der Waals surface area contributed by atoms with E-state index >= 15 is 0 Å². The summed E-state index contributed by atoms with van der Waals surface area (Å²) < 4.78 is 5.36. The molecule has 0 radical (unpaired) electrons. The van der Waals surface area contributed by atoms with E-state index in [9.17, 15) is 4.79 Å². The topological polar surface area (TPSA) is 79.9 Å². The van der Waals surface area contributed by atoms with Gasteiger partial charge in [0.05, 0.1) is 24.5 Å². The monoisotopic (exact) mass is 458 g/mol. The number of carbonyl (C=O) groups is 1. The molecule has 0 saturated heterocycles. The number of ether oxygens (including phenoxy) is 1. The Bertz CT molecular complexity index is 1020. The summed E-state index contributed by atoms with van der Waals surface area (Å²) in [6.45, 7) is 6.39. The molecule has 1 aromatic heterocycles. The van der Waals surface area contributed by atoms with E-state index in [1.807, 2.05) is 6.92 Å². The number of halogens is 1. The van der Waals surface area contributed by atoms with Crippen LogP contribution in [0.2, 0.25) is 5.02 Å². The van der Waals surface area contributed by atoms with Crippen LogP contribution in [-0.2, 0) is 11.2 Å². The van der Waals surface area contributed by atoms with Crippen LogP contribution in [0.4, 0.5) is 0 Å². The highest BCUT2D eigenvalue weighted by atomic mass is 35.5. The fourth-order valence-corrected chi connectivity index (χ4v) is 3.99. The highest BCUT2D eigenvalue weighted by Gasteiger charge is 2.15. The van der Waals surface area contributed by atoms with Gasteiger partial charge in [-0.3, -0.25) is 9.89 Å². The van der Waals surface area contributed by atoms with Crippen LogP contribution in [0.1, 0.15) is 37.9 Å². The van der Waals surface area contributed by atoms with E-state index in [1.54, 1.807) is 25.3 Å². The number of aromatic nitrogens is 3. The summed E-state index contributed by atoms with van der Waals surface area (Å²) in [4.78, 5) is 16.8. The smallest absolute Gasteiger partial charge is 0.230 e. The maximum absolute atomic E-state index is 12.4. The maximum atomic E-state index is 12.4. The van der Waals surface area contributed by atoms with Gasteiger partial charge in [-0.05, 0) is 48.6 Å². The molecule has 8 heteroatoms. The van der Waals surface area contributed by atoms with Gasteiger partial charge in [0.15, 0.2) is 5.82 Å². The molecule has 6 nitrogen and oxygen atoms in total. The molecule has 1 unspecified atom stereocenters. The Kier molecular flexibility index (Phi) is 7.98. The molecule has 31 heavy (non-hydrogen) atoms. The number of thioether (sulfide) groups is 1. The van der Waals surface area contributed by atoms with Crippen LogP contribution in [0.5, 0.6) is 5.75 Å². The quantitative estimate of drug-likeness (QED) is 0.425. The zero-order chi connectivity index (χ0) is 22.4. The van der Waals surface area contributed by atoms with Gasteiger partial charge in [-0.2, -0.15) is 0 Å². The first kappa shape index (κ1) is 23.2. The van der Waals surface area contributed by atoms with E-state index in [-0.39, 0.29) is 17.7 Å². The molecule has 1 heterocycles. The van der Waals surface area contributed by atoms with Crippen molar-refractivity contribution in [1.82, 2.24) is 20.5 Å². The van der Waals surface area contributed by atoms with E-state index in [4.69, 9.17) is 16.3 Å². The van der Waals surface area contributed by atoms with Gasteiger partial charge in [0, 0.05) is 5.02 Å². The maximum Gasteiger partial charge on any atom is 0.230 e. The number of rotatable bonds is 9. The van der Waals surface area contributed by atoms with Gasteiger partial charge in [0.2, 0.25) is 11.1 Å². The molecule has 2 aromatic carbocycles. The lowest BCUT2D eigenvalue weighted by molar-refractivity contribution is -0.119. The van der Waals surface area contributed by atoms with Crippen LogP contribution in [0.25, 0.3) is 11.4 Å². The zero-order valence-corrected chi connectivity index (χ0v) is 19.7. The van der Waals surface area contributed by atoms with Crippen molar-refractivity contribution in [3.63, 3.8) is 0 Å². The van der Waals surface area contributed by atoms with Crippen molar-refractivity contribution in [3.8, 4) is 17.1 Å². The van der Waals surface area contributed by atoms with Gasteiger partial charge < -0.3 is 10.1 Å². The number of methoxy groups -OCH3 is 1. The van der Waals surface area contributed by atoms with Crippen molar-refractivity contribution in [1.29, 1.82) is 0 Å². The molecule has 0 aliphatic carbocycles. The normalized spacial score (nSPS) is 12.1. The molecule has 1 amide bonds. The number of H-pyrrole nitrogens is 1. The number of hydrogen-bond donors (Lipinski definition) is 2. The minimum atomic E-state index is -0.0737. The van der Waals surface area contributed by atoms with E-state index < -0.39 is 0 Å². The number of nitrogens with one attached hydrogen (secondary N) is 2. The third kappa shape index (κ3) is 6.48. The van der Waals surface area contributed by atoms with E-state index in [2.05, 4.69) is 58.6 Å². The molecule has 3 rings (SSSR count). The number of benzene rings is 2. The van der Waals surface area contributed by atoms with Crippen LogP contribution >= 0.6 is 23.4 Å². The van der Waals surface area contributed by atoms with Gasteiger partial charge in [0.1, 0.15) is 5.75 Å². The van der Waals surface area contributed by atoms with E-state index in [0.29, 0.717) is 33.2 Å². The molecular formula is C23H27ClN4O2S. The summed E-state index contributed by atoms with van der Waals surface area (Å²) >= 11 is 7.36. The molecule has 164 valence electrons. The summed E-state index contributed by atoms with van der Waals surface area (Å²) in [6, 6.07) is 13.6. The lowest BCUT2D eigenvalue weighted by Gasteiger charge is -2.15. The zero-order valence-electron chi connectivity index (χ0n) is 18.1. The predicted molar refractivity (Wildman–Crippen MR) is 126 cm³/mol. The summed E-state index contributed by atoms with van der Waals surface area (Å²) in [5.74, 6) is 1.95. The summed E-state index contributed by atoms with van der Waals surface area (Å²) in [6.07, 6.45) is 1.05. The molecule has 0 spiro atoms. The average Bonchev–Trinajstić information content (AvgIpc) is 3.21. The Labute approximate surface area is 192 Å². The fraction of sp³-hybridized carbons (Fsp3) is 0.348. The molecule has 1 atom stereocenters. The lowest BCUT2D eigenvalue weighted by Crippen LogP contribution is -2.28. The predicted octanol–water partition coefficient (Wildman–Crippen LogP) is 5.30. The van der Waals surface area contributed by atoms with Gasteiger partial charge in [-0.15, -0.1) is 5.10 Å². The largest absolute Gasteiger partial charge is 0.496 e. The highest BCUT2D eigenvalue weighted by Crippen LogP contribution is 2.31. The average molecular weight is 459 g/mol. The summed E-state index contributed by atoms with van der Waals surface area (Å²) in [5, 5.41) is 11.2. The van der Waals surface area contributed by atoms with Gasteiger partial charge in [-0.25, -0.2) is 4.98 Å². The van der Waals surface area contributed by atoms with Crippen LogP contribution in [0, 0.1) is 5.92 Å². The molecule has 3 aromatic rings. The second-order valence-electron chi connectivity index (χ2n) is 7.73. The van der Waals surface area contributed by atoms with Crippen molar-refractivity contribution >= 4 is 29.3 Å². The minimum absolute atomic E-state index is 0.0698. The molecule has 0 bridgehead atoms. The highest BCUT2D eigenvalue weighted by molar-refractivity contribution is 7.99. The number of carbonyl (C=O) groups excluding carboxylic acids is 1. The Balaban J connectivity index is 1.55. The van der Waals surface area contributed by atoms with Crippen LogP contribution in [0.15, 0.2) is 47.6 Å². The van der Waals surface area contributed by atoms with Crippen LogP contribution in [0.3, 0.4) is 0 Å². The molecule has 0 saturated carbocycles. The van der Waals surface area contributed by atoms with Crippen molar-refractivity contribution in [2.75, 3.05) is 12.9 Å². The number of hydrogen-bond acceptors (Lipinski definition) is 5. The Hall–Kier alpha value is -2.51. The Morgan fingerprint density at radius 3 is 2.61 bits per heavy atom. The summed E-state index contributed by atoms with van der Waals surface area (Å²) in [7, 11) is 1.59. The van der Waals surface area contributed by atoms with Gasteiger partial charge >= 0.3 is 0 Å². The van der Waals surface area contributed by atoms with Crippen LogP contribution < -0.4 is 10.1 Å². The molecule has 0 aliphatic heterocycles. The number of nitrogens with zero attached hydrogens (tertiary/aromatic N) is 2. The van der Waals surface area contributed by atoms with Crippen molar-refractivity contribution in [2.45, 2.75) is 38.4 Å². The van der Waals surface area contributed by atoms with E-state index in [1.165, 1.54) is 17.3 Å². The molecule has 0 fully saturated rings. The first-order valence-electron chi connectivity index (χ1n) is 10.1. The second kappa shape index (κ2) is 10.7. The molecule has 0 aliphatic rings. The minimum Gasteiger partial charge on any atom is -0.496 e. The van der Waals surface area contributed by atoms with Crippen molar-refractivity contribution in [3.05, 3.63) is 58.6 Å². The first-order chi connectivity index (χ1) is 14.9. The number of aromatic amines is 1. The lowest BCUT2D eigenvalue weighted by atomic mass is 10.00. The molecule has 2 N–H and O–H groups in total. The third-order valence-electron chi connectivity index (χ3n) is 4.72. The summed E-state index contributed by atoms with van der Waals surface area (Å²) in [5.41, 5.74) is 3.11. The number of amides is 1.